The lowest BCUT2D eigenvalue weighted by Gasteiger charge is -2.40. The van der Waals surface area contributed by atoms with Crippen molar-refractivity contribution in [3.63, 3.8) is 0 Å². The quantitative estimate of drug-likeness (QED) is 0.322. The summed E-state index contributed by atoms with van der Waals surface area (Å²) in [6, 6.07) is 19.4. The highest BCUT2D eigenvalue weighted by Gasteiger charge is 2.41. The molecule has 2 aliphatic rings. The summed E-state index contributed by atoms with van der Waals surface area (Å²) < 4.78 is 14.0. The van der Waals surface area contributed by atoms with Crippen molar-refractivity contribution in [1.29, 1.82) is 5.26 Å². The van der Waals surface area contributed by atoms with Gasteiger partial charge in [-0.05, 0) is 86.2 Å². The van der Waals surface area contributed by atoms with E-state index in [-0.39, 0.29) is 16.6 Å². The van der Waals surface area contributed by atoms with Crippen molar-refractivity contribution in [3.8, 4) is 6.07 Å². The van der Waals surface area contributed by atoms with Crippen molar-refractivity contribution in [2.75, 3.05) is 4.90 Å². The van der Waals surface area contributed by atoms with E-state index in [1.807, 2.05) is 6.92 Å². The van der Waals surface area contributed by atoms with Crippen LogP contribution in [0.2, 0.25) is 5.02 Å². The molecule has 1 aliphatic carbocycles. The molecule has 7 heteroatoms. The van der Waals surface area contributed by atoms with Crippen molar-refractivity contribution in [2.24, 2.45) is 5.73 Å². The van der Waals surface area contributed by atoms with E-state index in [4.69, 9.17) is 17.3 Å². The fourth-order valence-electron chi connectivity index (χ4n) is 5.49. The highest BCUT2D eigenvalue weighted by molar-refractivity contribution is 7.98. The standard InChI is InChI=1S/C32H29ClFN3OS/c1-18-7-10-23(11-8-18)39-17-21-14-24(20(3)13-19(21)2)30-25(16-35)32(36)37(22-9-12-27(34)26(33)15-22)28-5-4-6-29(38)31(28)30/h7-15,30H,4-6,17,36H2,1-3H3. The number of Topliss-reactive ketones (excluding diaryl/α,β-unsaturated/α-hetero) is 1. The molecular weight excluding hydrogens is 529 g/mol. The van der Waals surface area contributed by atoms with Gasteiger partial charge in [-0.15, -0.1) is 11.8 Å². The highest BCUT2D eigenvalue weighted by Crippen LogP contribution is 2.47. The number of aryl methyl sites for hydroxylation is 3. The minimum Gasteiger partial charge on any atom is -0.384 e. The number of carbonyl (C=O) groups is 1. The Labute approximate surface area is 238 Å². The number of benzene rings is 3. The normalized spacial score (nSPS) is 17.4. The summed E-state index contributed by atoms with van der Waals surface area (Å²) in [4.78, 5) is 16.4. The van der Waals surface area contributed by atoms with Crippen LogP contribution in [0.5, 0.6) is 0 Å². The monoisotopic (exact) mass is 557 g/mol. The molecule has 0 spiro atoms. The summed E-state index contributed by atoms with van der Waals surface area (Å²) in [6.07, 6.45) is 1.70. The zero-order valence-corrected chi connectivity index (χ0v) is 23.7. The Balaban J connectivity index is 1.62. The second-order valence-corrected chi connectivity index (χ2v) is 11.6. The lowest BCUT2D eigenvalue weighted by Crippen LogP contribution is -2.39. The van der Waals surface area contributed by atoms with Crippen LogP contribution in [0, 0.1) is 37.9 Å². The van der Waals surface area contributed by atoms with Crippen LogP contribution in [0.4, 0.5) is 10.1 Å². The predicted octanol–water partition coefficient (Wildman–Crippen LogP) is 8.00. The zero-order valence-electron chi connectivity index (χ0n) is 22.1. The van der Waals surface area contributed by atoms with Gasteiger partial charge in [0.2, 0.25) is 0 Å². The van der Waals surface area contributed by atoms with Crippen molar-refractivity contribution >= 4 is 34.8 Å². The van der Waals surface area contributed by atoms with Crippen LogP contribution in [0.3, 0.4) is 0 Å². The molecule has 5 rings (SSSR count). The van der Waals surface area contributed by atoms with Crippen LogP contribution in [0.1, 0.15) is 53.0 Å². The number of ketones is 1. The molecule has 4 nitrogen and oxygen atoms in total. The van der Waals surface area contributed by atoms with Crippen LogP contribution in [-0.4, -0.2) is 5.78 Å². The number of hydrogen-bond donors (Lipinski definition) is 1. The smallest absolute Gasteiger partial charge is 0.161 e. The molecule has 3 aromatic rings. The summed E-state index contributed by atoms with van der Waals surface area (Å²) in [5.41, 5.74) is 14.3. The van der Waals surface area contributed by atoms with E-state index in [1.54, 1.807) is 22.7 Å². The lowest BCUT2D eigenvalue weighted by atomic mass is 9.74. The summed E-state index contributed by atoms with van der Waals surface area (Å²) in [5, 5.41) is 10.3. The van der Waals surface area contributed by atoms with Crippen LogP contribution < -0.4 is 10.6 Å². The van der Waals surface area contributed by atoms with Gasteiger partial charge in [0.1, 0.15) is 11.6 Å². The maximum absolute atomic E-state index is 14.0. The number of nitrogens with two attached hydrogens (primary N) is 1. The number of rotatable bonds is 5. The van der Waals surface area contributed by atoms with Crippen molar-refractivity contribution < 1.29 is 9.18 Å². The number of allylic oxidation sites excluding steroid dienone is 3. The second-order valence-electron chi connectivity index (χ2n) is 10.2. The van der Waals surface area contributed by atoms with Gasteiger partial charge >= 0.3 is 0 Å². The van der Waals surface area contributed by atoms with E-state index in [9.17, 15) is 14.4 Å². The number of nitriles is 1. The summed E-state index contributed by atoms with van der Waals surface area (Å²) in [7, 11) is 0. The average Bonchev–Trinajstić information content (AvgIpc) is 2.90. The summed E-state index contributed by atoms with van der Waals surface area (Å²) >= 11 is 7.86. The van der Waals surface area contributed by atoms with Gasteiger partial charge < -0.3 is 5.73 Å². The van der Waals surface area contributed by atoms with Gasteiger partial charge in [-0.25, -0.2) is 4.39 Å². The lowest BCUT2D eigenvalue weighted by molar-refractivity contribution is -0.116. The third-order valence-corrected chi connectivity index (χ3v) is 8.88. The molecule has 3 aromatic carbocycles. The molecule has 1 unspecified atom stereocenters. The van der Waals surface area contributed by atoms with Crippen LogP contribution in [-0.2, 0) is 10.5 Å². The maximum atomic E-state index is 14.0. The van der Waals surface area contributed by atoms with Gasteiger partial charge in [0.05, 0.1) is 22.6 Å². The maximum Gasteiger partial charge on any atom is 0.161 e. The molecule has 2 N–H and O–H groups in total. The molecule has 0 aromatic heterocycles. The fourth-order valence-corrected chi connectivity index (χ4v) is 6.63. The van der Waals surface area contributed by atoms with E-state index in [1.165, 1.54) is 22.6 Å². The van der Waals surface area contributed by atoms with Crippen molar-refractivity contribution in [1.82, 2.24) is 0 Å². The largest absolute Gasteiger partial charge is 0.384 e. The number of halogens is 2. The molecule has 0 fully saturated rings. The van der Waals surface area contributed by atoms with Gasteiger partial charge in [-0.1, -0.05) is 41.4 Å². The van der Waals surface area contributed by atoms with Gasteiger partial charge in [-0.2, -0.15) is 5.26 Å². The molecular formula is C32H29ClFN3OS. The Morgan fingerprint density at radius 3 is 2.51 bits per heavy atom. The Morgan fingerprint density at radius 1 is 1.08 bits per heavy atom. The van der Waals surface area contributed by atoms with E-state index < -0.39 is 11.7 Å². The average molecular weight is 558 g/mol. The number of carbonyl (C=O) groups excluding carboxylic acids is 1. The molecule has 1 heterocycles. The van der Waals surface area contributed by atoms with E-state index in [0.29, 0.717) is 36.1 Å². The predicted molar refractivity (Wildman–Crippen MR) is 156 cm³/mol. The van der Waals surface area contributed by atoms with Crippen molar-refractivity contribution in [2.45, 2.75) is 56.6 Å². The number of anilines is 1. The third-order valence-electron chi connectivity index (χ3n) is 7.53. The third kappa shape index (κ3) is 5.09. The van der Waals surface area contributed by atoms with E-state index in [2.05, 4.69) is 56.3 Å². The van der Waals surface area contributed by atoms with Gasteiger partial charge in [0, 0.05) is 34.0 Å². The highest BCUT2D eigenvalue weighted by atomic mass is 35.5. The first-order chi connectivity index (χ1) is 18.7. The van der Waals surface area contributed by atoms with Crippen LogP contribution in [0.25, 0.3) is 0 Å². The minimum atomic E-state index is -0.561. The molecule has 0 radical (unpaired) electrons. The molecule has 0 saturated heterocycles. The van der Waals surface area contributed by atoms with Crippen LogP contribution in [0.15, 0.2) is 82.2 Å². The fraction of sp³-hybridized carbons (Fsp3) is 0.250. The van der Waals surface area contributed by atoms with Gasteiger partial charge in [0.25, 0.3) is 0 Å². The molecule has 198 valence electrons. The molecule has 1 atom stereocenters. The molecule has 0 saturated carbocycles. The molecule has 0 amide bonds. The number of hydrogen-bond acceptors (Lipinski definition) is 5. The Kier molecular flexibility index (Phi) is 7.57. The van der Waals surface area contributed by atoms with Gasteiger partial charge in [-0.3, -0.25) is 9.69 Å². The summed E-state index contributed by atoms with van der Waals surface area (Å²) in [6.45, 7) is 6.18. The van der Waals surface area contributed by atoms with Crippen LogP contribution >= 0.6 is 23.4 Å². The SMILES string of the molecule is Cc1ccc(SCc2cc(C3C(C#N)=C(N)N(c4ccc(F)c(Cl)c4)C4=C3C(=O)CCC4)c(C)cc2C)cc1. The first-order valence-corrected chi connectivity index (χ1v) is 14.3. The minimum absolute atomic E-state index is 0.00950. The first-order valence-electron chi connectivity index (χ1n) is 12.9. The molecule has 39 heavy (non-hydrogen) atoms. The number of nitrogens with zero attached hydrogens (tertiary/aromatic N) is 2. The van der Waals surface area contributed by atoms with E-state index in [0.717, 1.165) is 33.7 Å². The van der Waals surface area contributed by atoms with Gasteiger partial charge in [0.15, 0.2) is 5.78 Å². The second kappa shape index (κ2) is 10.9. The first kappa shape index (κ1) is 27.1. The molecule has 1 aliphatic heterocycles. The number of thioether (sulfide) groups is 1. The Bertz CT molecular complexity index is 1590. The Hall–Kier alpha value is -3.53. The Morgan fingerprint density at radius 2 is 1.82 bits per heavy atom. The van der Waals surface area contributed by atoms with Crippen molar-refractivity contribution in [3.05, 3.63) is 116 Å². The summed E-state index contributed by atoms with van der Waals surface area (Å²) in [5.74, 6) is -0.0903. The van der Waals surface area contributed by atoms with E-state index >= 15 is 0 Å². The zero-order chi connectivity index (χ0) is 27.8. The topological polar surface area (TPSA) is 70.1 Å². The molecule has 0 bridgehead atoms.